The van der Waals surface area contributed by atoms with Gasteiger partial charge in [-0.25, -0.2) is 4.98 Å². The van der Waals surface area contributed by atoms with Gasteiger partial charge in [0.2, 0.25) is 0 Å². The largest absolute Gasteiger partial charge is 0.487 e. The van der Waals surface area contributed by atoms with E-state index in [0.29, 0.717) is 33.2 Å². The van der Waals surface area contributed by atoms with Crippen LogP contribution in [0.25, 0.3) is 10.9 Å². The van der Waals surface area contributed by atoms with Crippen molar-refractivity contribution in [3.63, 3.8) is 0 Å². The van der Waals surface area contributed by atoms with Crippen LogP contribution in [-0.4, -0.2) is 40.7 Å². The van der Waals surface area contributed by atoms with Crippen molar-refractivity contribution in [1.29, 1.82) is 0 Å². The average molecular weight is 534 g/mol. The molecule has 7 nitrogen and oxygen atoms in total. The Balaban J connectivity index is 1.26. The molecule has 2 heterocycles. The third kappa shape index (κ3) is 4.75. The maximum atomic E-state index is 12.9. The third-order valence-corrected chi connectivity index (χ3v) is 6.96. The summed E-state index contributed by atoms with van der Waals surface area (Å²) < 4.78 is 5.99. The van der Waals surface area contributed by atoms with E-state index in [1.165, 1.54) is 6.07 Å². The highest BCUT2D eigenvalue weighted by atomic mass is 35.5. The average Bonchev–Trinajstić information content (AvgIpc) is 3.13. The van der Waals surface area contributed by atoms with Crippen LogP contribution in [-0.2, 0) is 6.61 Å². The SMILES string of the molecule is Cc1nc2ccccc2cc1OCc1c(Cl)ccc(C(=O)NCCN2C(=O)c3ccccc3C2=O)c1Cl. The minimum atomic E-state index is -0.455. The van der Waals surface area contributed by atoms with Crippen molar-refractivity contribution in [3.8, 4) is 5.75 Å². The summed E-state index contributed by atoms with van der Waals surface area (Å²) in [6, 6.07) is 19.4. The van der Waals surface area contributed by atoms with Gasteiger partial charge in [-0.05, 0) is 43.3 Å². The van der Waals surface area contributed by atoms with Crippen molar-refractivity contribution in [1.82, 2.24) is 15.2 Å². The number of carbonyl (C=O) groups excluding carboxylic acids is 3. The first-order valence-electron chi connectivity index (χ1n) is 11.5. The second-order valence-corrected chi connectivity index (χ2v) is 9.29. The summed E-state index contributed by atoms with van der Waals surface area (Å²) in [4.78, 5) is 43.6. The van der Waals surface area contributed by atoms with Crippen LogP contribution in [0.15, 0.2) is 66.7 Å². The minimum absolute atomic E-state index is 0.0352. The van der Waals surface area contributed by atoms with Gasteiger partial charge in [0.05, 0.1) is 32.9 Å². The van der Waals surface area contributed by atoms with Crippen LogP contribution in [0.3, 0.4) is 0 Å². The van der Waals surface area contributed by atoms with E-state index in [4.69, 9.17) is 27.9 Å². The molecule has 0 saturated heterocycles. The molecule has 1 aliphatic heterocycles. The predicted molar refractivity (Wildman–Crippen MR) is 141 cm³/mol. The number of carbonyl (C=O) groups is 3. The molecular formula is C28H21Cl2N3O4. The van der Waals surface area contributed by atoms with Crippen molar-refractivity contribution >= 4 is 51.8 Å². The molecule has 1 aromatic heterocycles. The number of nitrogens with zero attached hydrogens (tertiary/aromatic N) is 2. The topological polar surface area (TPSA) is 88.6 Å². The molecule has 5 rings (SSSR count). The molecule has 0 saturated carbocycles. The zero-order valence-electron chi connectivity index (χ0n) is 19.8. The van der Waals surface area contributed by atoms with Gasteiger partial charge in [0.25, 0.3) is 17.7 Å². The van der Waals surface area contributed by atoms with E-state index in [-0.39, 0.29) is 42.1 Å². The number of fused-ring (bicyclic) bond motifs is 2. The summed E-state index contributed by atoms with van der Waals surface area (Å²) in [6.45, 7) is 1.99. The quantitative estimate of drug-likeness (QED) is 0.319. The summed E-state index contributed by atoms with van der Waals surface area (Å²) in [6.07, 6.45) is 0. The Morgan fingerprint density at radius 1 is 0.973 bits per heavy atom. The standard InChI is InChI=1S/C28H21Cl2N3O4/c1-16-24(14-17-6-2-5-9-23(17)32-16)37-15-21-22(29)11-10-20(25(21)30)26(34)31-12-13-33-27(35)18-7-3-4-8-19(18)28(33)36/h2-11,14H,12-13,15H2,1H3,(H,31,34). The molecule has 0 bridgehead atoms. The zero-order chi connectivity index (χ0) is 26.1. The summed E-state index contributed by atoms with van der Waals surface area (Å²) >= 11 is 12.9. The van der Waals surface area contributed by atoms with Gasteiger partial charge in [-0.3, -0.25) is 19.3 Å². The van der Waals surface area contributed by atoms with E-state index >= 15 is 0 Å². The Kier molecular flexibility index (Phi) is 6.82. The molecule has 186 valence electrons. The Labute approximate surface area is 223 Å². The first kappa shape index (κ1) is 24.7. The number of rotatable bonds is 7. The Morgan fingerprint density at radius 2 is 1.65 bits per heavy atom. The molecule has 0 spiro atoms. The first-order valence-corrected chi connectivity index (χ1v) is 12.3. The monoisotopic (exact) mass is 533 g/mol. The number of hydrogen-bond acceptors (Lipinski definition) is 5. The van der Waals surface area contributed by atoms with Gasteiger partial charge in [-0.15, -0.1) is 0 Å². The van der Waals surface area contributed by atoms with E-state index < -0.39 is 5.91 Å². The molecule has 0 unspecified atom stereocenters. The molecule has 4 aromatic rings. The number of aromatic nitrogens is 1. The lowest BCUT2D eigenvalue weighted by Crippen LogP contribution is -2.38. The Hall–Kier alpha value is -3.94. The molecule has 0 aliphatic carbocycles. The van der Waals surface area contributed by atoms with Crippen LogP contribution in [0, 0.1) is 6.92 Å². The summed E-state index contributed by atoms with van der Waals surface area (Å²) in [7, 11) is 0. The van der Waals surface area contributed by atoms with Crippen molar-refractivity contribution < 1.29 is 19.1 Å². The maximum absolute atomic E-state index is 12.9. The van der Waals surface area contributed by atoms with Gasteiger partial charge in [0.1, 0.15) is 12.4 Å². The number of nitrogens with one attached hydrogen (secondary N) is 1. The number of benzene rings is 3. The van der Waals surface area contributed by atoms with E-state index in [9.17, 15) is 14.4 Å². The fraction of sp³-hybridized carbons (Fsp3) is 0.143. The van der Waals surface area contributed by atoms with Gasteiger partial charge in [-0.1, -0.05) is 53.5 Å². The van der Waals surface area contributed by atoms with Gasteiger partial charge in [0, 0.05) is 29.1 Å². The lowest BCUT2D eigenvalue weighted by atomic mass is 10.1. The van der Waals surface area contributed by atoms with Crippen LogP contribution >= 0.6 is 23.2 Å². The molecule has 0 fully saturated rings. The van der Waals surface area contributed by atoms with Gasteiger partial charge < -0.3 is 10.1 Å². The smallest absolute Gasteiger partial charge is 0.261 e. The van der Waals surface area contributed by atoms with Crippen molar-refractivity contribution in [3.05, 3.63) is 105 Å². The lowest BCUT2D eigenvalue weighted by Gasteiger charge is -2.16. The summed E-state index contributed by atoms with van der Waals surface area (Å²) in [5.74, 6) is -0.626. The number of aryl methyl sites for hydroxylation is 1. The molecule has 9 heteroatoms. The Morgan fingerprint density at radius 3 is 2.38 bits per heavy atom. The summed E-state index contributed by atoms with van der Waals surface area (Å²) in [5, 5.41) is 4.18. The predicted octanol–water partition coefficient (Wildman–Crippen LogP) is 5.46. The molecule has 1 N–H and O–H groups in total. The van der Waals surface area contributed by atoms with Crippen molar-refractivity contribution in [2.24, 2.45) is 0 Å². The third-order valence-electron chi connectivity index (χ3n) is 6.17. The number of amides is 3. The van der Waals surface area contributed by atoms with Gasteiger partial charge in [-0.2, -0.15) is 0 Å². The van der Waals surface area contributed by atoms with E-state index in [2.05, 4.69) is 10.3 Å². The number of ether oxygens (including phenoxy) is 1. The fourth-order valence-corrected chi connectivity index (χ4v) is 4.78. The van der Waals surface area contributed by atoms with Crippen LogP contribution in [0.5, 0.6) is 5.75 Å². The molecule has 0 radical (unpaired) electrons. The highest BCUT2D eigenvalue weighted by Crippen LogP contribution is 2.31. The number of pyridine rings is 1. The van der Waals surface area contributed by atoms with Crippen LogP contribution < -0.4 is 10.1 Å². The van der Waals surface area contributed by atoms with E-state index in [1.807, 2.05) is 37.3 Å². The minimum Gasteiger partial charge on any atom is -0.487 e. The molecular weight excluding hydrogens is 513 g/mol. The van der Waals surface area contributed by atoms with Crippen molar-refractivity contribution in [2.75, 3.05) is 13.1 Å². The number of para-hydroxylation sites is 1. The van der Waals surface area contributed by atoms with Crippen molar-refractivity contribution in [2.45, 2.75) is 13.5 Å². The number of imide groups is 1. The molecule has 3 amide bonds. The van der Waals surface area contributed by atoms with Crippen LogP contribution in [0.4, 0.5) is 0 Å². The molecule has 37 heavy (non-hydrogen) atoms. The second-order valence-electron chi connectivity index (χ2n) is 8.50. The first-order chi connectivity index (χ1) is 17.8. The van der Waals surface area contributed by atoms with E-state index in [0.717, 1.165) is 15.8 Å². The van der Waals surface area contributed by atoms with Crippen LogP contribution in [0.2, 0.25) is 10.0 Å². The van der Waals surface area contributed by atoms with E-state index in [1.54, 1.807) is 30.3 Å². The van der Waals surface area contributed by atoms with Crippen LogP contribution in [0.1, 0.15) is 42.3 Å². The molecule has 1 aliphatic rings. The second kappa shape index (κ2) is 10.2. The zero-order valence-corrected chi connectivity index (χ0v) is 21.3. The lowest BCUT2D eigenvalue weighted by molar-refractivity contribution is 0.0650. The highest BCUT2D eigenvalue weighted by molar-refractivity contribution is 6.38. The van der Waals surface area contributed by atoms with Gasteiger partial charge >= 0.3 is 0 Å². The number of hydrogen-bond donors (Lipinski definition) is 1. The normalized spacial score (nSPS) is 12.7. The maximum Gasteiger partial charge on any atom is 0.261 e. The fourth-order valence-electron chi connectivity index (χ4n) is 4.21. The van der Waals surface area contributed by atoms with Gasteiger partial charge in [0.15, 0.2) is 0 Å². The number of halogens is 2. The molecule has 3 aromatic carbocycles. The summed E-state index contributed by atoms with van der Waals surface area (Å²) in [5.41, 5.74) is 2.97. The Bertz CT molecular complexity index is 1540. The highest BCUT2D eigenvalue weighted by Gasteiger charge is 2.34. The molecule has 0 atom stereocenters.